The van der Waals surface area contributed by atoms with Crippen molar-refractivity contribution < 1.29 is 24.2 Å². The van der Waals surface area contributed by atoms with Crippen LogP contribution in [0.15, 0.2) is 24.3 Å². The second-order valence-corrected chi connectivity index (χ2v) is 3.85. The Labute approximate surface area is 96.1 Å². The average molecular weight is 239 g/mol. The molecule has 1 heterocycles. The Morgan fingerprint density at radius 3 is 2.71 bits per heavy atom. The van der Waals surface area contributed by atoms with E-state index in [1.807, 2.05) is 0 Å². The van der Waals surface area contributed by atoms with Crippen LogP contribution in [0.1, 0.15) is 6.42 Å². The van der Waals surface area contributed by atoms with Crippen LogP contribution in [0.3, 0.4) is 0 Å². The van der Waals surface area contributed by atoms with Crippen LogP contribution >= 0.6 is 0 Å². The van der Waals surface area contributed by atoms with E-state index in [1.165, 1.54) is 18.2 Å². The second-order valence-electron chi connectivity index (χ2n) is 3.85. The number of amides is 1. The minimum absolute atomic E-state index is 0.0467. The molecule has 6 heteroatoms. The van der Waals surface area contributed by atoms with Gasteiger partial charge in [-0.15, -0.1) is 0 Å². The maximum absolute atomic E-state index is 13.0. The summed E-state index contributed by atoms with van der Waals surface area (Å²) in [6, 6.07) is 5.23. The molecule has 0 unspecified atom stereocenters. The number of halogens is 1. The van der Waals surface area contributed by atoms with Crippen molar-refractivity contribution in [2.75, 3.05) is 11.4 Å². The molecule has 1 aliphatic heterocycles. The molecule has 17 heavy (non-hydrogen) atoms. The molecule has 90 valence electrons. The molecule has 1 aliphatic rings. The van der Waals surface area contributed by atoms with Gasteiger partial charge in [0.1, 0.15) is 5.82 Å². The molecule has 0 saturated carbocycles. The largest absolute Gasteiger partial charge is 0.479 e. The van der Waals surface area contributed by atoms with Crippen molar-refractivity contribution in [1.82, 2.24) is 0 Å². The van der Waals surface area contributed by atoms with Crippen molar-refractivity contribution in [3.63, 3.8) is 0 Å². The quantitative estimate of drug-likeness (QED) is 0.731. The van der Waals surface area contributed by atoms with Gasteiger partial charge in [0.05, 0.1) is 0 Å². The fourth-order valence-electron chi connectivity index (χ4n) is 1.79. The molecule has 0 spiro atoms. The zero-order chi connectivity index (χ0) is 12.6. The van der Waals surface area contributed by atoms with E-state index in [9.17, 15) is 19.1 Å². The topological polar surface area (TPSA) is 77.8 Å². The summed E-state index contributed by atoms with van der Waals surface area (Å²) in [7, 11) is 0. The molecule has 1 aromatic rings. The lowest BCUT2D eigenvalue weighted by atomic mass is 10.0. The van der Waals surface area contributed by atoms with Gasteiger partial charge in [0.2, 0.25) is 5.60 Å². The Morgan fingerprint density at radius 1 is 1.47 bits per heavy atom. The van der Waals surface area contributed by atoms with Gasteiger partial charge in [-0.3, -0.25) is 4.79 Å². The molecule has 1 fully saturated rings. The highest BCUT2D eigenvalue weighted by Gasteiger charge is 2.52. The number of aliphatic hydroxyl groups is 1. The second kappa shape index (κ2) is 3.81. The normalized spacial score (nSPS) is 24.1. The summed E-state index contributed by atoms with van der Waals surface area (Å²) in [5.41, 5.74) is -2.15. The van der Waals surface area contributed by atoms with E-state index >= 15 is 0 Å². The third-order valence-electron chi connectivity index (χ3n) is 2.77. The molecular weight excluding hydrogens is 229 g/mol. The molecule has 5 nitrogen and oxygen atoms in total. The number of carbonyl (C=O) groups is 2. The fourth-order valence-corrected chi connectivity index (χ4v) is 1.79. The lowest BCUT2D eigenvalue weighted by molar-refractivity contribution is -0.162. The van der Waals surface area contributed by atoms with Crippen molar-refractivity contribution in [2.24, 2.45) is 0 Å². The van der Waals surface area contributed by atoms with E-state index in [2.05, 4.69) is 0 Å². The summed E-state index contributed by atoms with van der Waals surface area (Å²) in [5, 5.41) is 18.4. The molecule has 0 aromatic heterocycles. The monoisotopic (exact) mass is 239 g/mol. The van der Waals surface area contributed by atoms with Crippen LogP contribution < -0.4 is 4.90 Å². The summed E-state index contributed by atoms with van der Waals surface area (Å²) in [6.45, 7) is 0.0467. The Bertz CT molecular complexity index is 490. The summed E-state index contributed by atoms with van der Waals surface area (Å²) in [5.74, 6) is -3.04. The third-order valence-corrected chi connectivity index (χ3v) is 2.77. The van der Waals surface area contributed by atoms with E-state index in [0.717, 1.165) is 11.0 Å². The predicted molar refractivity (Wildman–Crippen MR) is 56.0 cm³/mol. The molecule has 2 rings (SSSR count). The number of aliphatic carboxylic acids is 1. The van der Waals surface area contributed by atoms with Gasteiger partial charge in [0.25, 0.3) is 5.91 Å². The highest BCUT2D eigenvalue weighted by molar-refractivity contribution is 6.14. The number of rotatable bonds is 2. The Balaban J connectivity index is 2.33. The highest BCUT2D eigenvalue weighted by Crippen LogP contribution is 2.28. The lowest BCUT2D eigenvalue weighted by Crippen LogP contribution is -2.46. The van der Waals surface area contributed by atoms with E-state index in [1.54, 1.807) is 0 Å². The summed E-state index contributed by atoms with van der Waals surface area (Å²) in [6.07, 6.45) is -0.211. The first kappa shape index (κ1) is 11.5. The number of carbonyl (C=O) groups excluding carboxylic acids is 1. The molecule has 0 bridgehead atoms. The molecular formula is C11H10FNO4. The lowest BCUT2D eigenvalue weighted by Gasteiger charge is -2.18. The first-order chi connectivity index (χ1) is 7.95. The Kier molecular flexibility index (Phi) is 2.59. The van der Waals surface area contributed by atoms with Crippen molar-refractivity contribution in [3.8, 4) is 0 Å². The summed E-state index contributed by atoms with van der Waals surface area (Å²) < 4.78 is 13.0. The van der Waals surface area contributed by atoms with Crippen molar-refractivity contribution in [3.05, 3.63) is 30.1 Å². The molecule has 0 radical (unpaired) electrons. The zero-order valence-electron chi connectivity index (χ0n) is 8.76. The van der Waals surface area contributed by atoms with Crippen LogP contribution in [0.25, 0.3) is 0 Å². The van der Waals surface area contributed by atoms with E-state index in [0.29, 0.717) is 0 Å². The molecule has 2 N–H and O–H groups in total. The van der Waals surface area contributed by atoms with Crippen LogP contribution in [0.2, 0.25) is 0 Å². The average Bonchev–Trinajstić information content (AvgIpc) is 2.57. The number of carboxylic acids is 1. The fraction of sp³-hybridized carbons (Fsp3) is 0.273. The third kappa shape index (κ3) is 1.76. The van der Waals surface area contributed by atoms with Crippen molar-refractivity contribution in [2.45, 2.75) is 12.0 Å². The minimum atomic E-state index is -2.40. The predicted octanol–water partition coefficient (Wildman–Crippen LogP) is 0.378. The summed E-state index contributed by atoms with van der Waals surface area (Å²) in [4.78, 5) is 23.6. The number of benzene rings is 1. The van der Waals surface area contributed by atoms with Crippen molar-refractivity contribution >= 4 is 17.6 Å². The Morgan fingerprint density at radius 2 is 2.18 bits per heavy atom. The number of anilines is 1. The van der Waals surface area contributed by atoms with Gasteiger partial charge < -0.3 is 15.1 Å². The Hall–Kier alpha value is -1.95. The number of carboxylic acid groups (broad SMARTS) is 1. The first-order valence-electron chi connectivity index (χ1n) is 4.98. The highest BCUT2D eigenvalue weighted by atomic mass is 19.1. The van der Waals surface area contributed by atoms with Gasteiger partial charge in [0.15, 0.2) is 0 Å². The molecule has 0 aliphatic carbocycles. The van der Waals surface area contributed by atoms with Gasteiger partial charge in [-0.1, -0.05) is 6.07 Å². The zero-order valence-corrected chi connectivity index (χ0v) is 8.76. The standard InChI is InChI=1S/C11H10FNO4/c12-7-2-1-3-8(6-7)13-5-4-11(17,9(13)14)10(15)16/h1-3,6,17H,4-5H2,(H,15,16)/t11-/m1/s1. The van der Waals surface area contributed by atoms with E-state index < -0.39 is 23.3 Å². The number of hydrogen-bond donors (Lipinski definition) is 2. The van der Waals surface area contributed by atoms with Crippen LogP contribution in [0.5, 0.6) is 0 Å². The summed E-state index contributed by atoms with van der Waals surface area (Å²) >= 11 is 0. The van der Waals surface area contributed by atoms with Gasteiger partial charge in [-0.2, -0.15) is 0 Å². The van der Waals surface area contributed by atoms with Crippen LogP contribution in [-0.4, -0.2) is 34.2 Å². The molecule has 1 atom stereocenters. The van der Waals surface area contributed by atoms with Crippen molar-refractivity contribution in [1.29, 1.82) is 0 Å². The SMILES string of the molecule is O=C(O)[C@@]1(O)CCN(c2cccc(F)c2)C1=O. The van der Waals surface area contributed by atoms with Gasteiger partial charge in [-0.25, -0.2) is 9.18 Å². The molecule has 1 amide bonds. The smallest absolute Gasteiger partial charge is 0.345 e. The van der Waals surface area contributed by atoms with Gasteiger partial charge in [0, 0.05) is 18.7 Å². The number of nitrogens with zero attached hydrogens (tertiary/aromatic N) is 1. The van der Waals surface area contributed by atoms with Gasteiger partial charge in [-0.05, 0) is 18.2 Å². The maximum Gasteiger partial charge on any atom is 0.345 e. The van der Waals surface area contributed by atoms with Gasteiger partial charge >= 0.3 is 5.97 Å². The van der Waals surface area contributed by atoms with E-state index in [-0.39, 0.29) is 18.7 Å². The molecule has 1 saturated heterocycles. The van der Waals surface area contributed by atoms with E-state index in [4.69, 9.17) is 5.11 Å². The van der Waals surface area contributed by atoms with Crippen LogP contribution in [-0.2, 0) is 9.59 Å². The van der Waals surface area contributed by atoms with Crippen LogP contribution in [0, 0.1) is 5.82 Å². The first-order valence-corrected chi connectivity index (χ1v) is 4.98. The minimum Gasteiger partial charge on any atom is -0.479 e. The maximum atomic E-state index is 13.0. The van der Waals surface area contributed by atoms with Crippen LogP contribution in [0.4, 0.5) is 10.1 Å². The molecule has 1 aromatic carbocycles. The number of hydrogen-bond acceptors (Lipinski definition) is 3.